The van der Waals surface area contributed by atoms with Gasteiger partial charge in [0.15, 0.2) is 12.6 Å². The number of carbonyl (C=O) groups excluding carboxylic acids is 4. The number of imide groups is 1. The monoisotopic (exact) mass is 1340 g/mol. The molecule has 7 heterocycles. The van der Waals surface area contributed by atoms with Crippen LogP contribution < -0.4 is 29.3 Å². The van der Waals surface area contributed by atoms with Crippen LogP contribution in [-0.4, -0.2) is 184 Å². The first kappa shape index (κ1) is 70.1. The zero-order valence-electron chi connectivity index (χ0n) is 58.7. The molecule has 1 aliphatic carbocycles. The third kappa shape index (κ3) is 14.8. The van der Waals surface area contributed by atoms with Crippen LogP contribution in [0.3, 0.4) is 0 Å². The second kappa shape index (κ2) is 29.1. The molecule has 5 saturated heterocycles. The van der Waals surface area contributed by atoms with Crippen molar-refractivity contribution in [3.05, 3.63) is 71.4 Å². The first-order valence-corrected chi connectivity index (χ1v) is 37.2. The van der Waals surface area contributed by atoms with Crippen molar-refractivity contribution in [2.45, 2.75) is 168 Å². The molecule has 518 valence electrons. The predicted molar refractivity (Wildman–Crippen MR) is 372 cm³/mol. The Morgan fingerprint density at radius 3 is 2.10 bits per heavy atom. The summed E-state index contributed by atoms with van der Waals surface area (Å²) in [6.07, 6.45) is 9.60. The molecule has 2 bridgehead atoms. The Kier molecular flexibility index (Phi) is 21.3. The third-order valence-corrected chi connectivity index (χ3v) is 28.1. The number of nitrogens with zero attached hydrogens (tertiary/aromatic N) is 9. The topological polar surface area (TPSA) is 185 Å². The number of piperidine rings is 1. The highest BCUT2D eigenvalue weighted by Crippen LogP contribution is 2.48. The molecule has 2 unspecified atom stereocenters. The van der Waals surface area contributed by atoms with Crippen LogP contribution in [0.25, 0.3) is 32.9 Å². The molecule has 19 nitrogen and oxygen atoms in total. The number of halogens is 2. The summed E-state index contributed by atoms with van der Waals surface area (Å²) in [5.74, 6) is 4.02. The van der Waals surface area contributed by atoms with Crippen LogP contribution in [-0.2, 0) is 14.3 Å². The van der Waals surface area contributed by atoms with Crippen molar-refractivity contribution in [3.8, 4) is 40.2 Å². The summed E-state index contributed by atoms with van der Waals surface area (Å²) in [4.78, 5) is 79.7. The van der Waals surface area contributed by atoms with E-state index in [1.54, 1.807) is 42.6 Å². The molecule has 5 amide bonds. The van der Waals surface area contributed by atoms with Crippen molar-refractivity contribution in [2.24, 2.45) is 23.2 Å². The standard InChI is InChI=1S/C74H100F2N10O9Si/c1-46(2)53(41-82-33-31-81(32-34-82)40-50-20-24-74(25-21-50)26-29-83(30-27-74)69(88)52-15-19-62(92-13)61(37-52)85-28-22-63(87)78-71(85)89)44-93-70-79-67-59(68(80-70)84-42-54-16-17-55(43-84)86(54)72(90)95-73(9,10)11)39-77-66(65(67)76)58-38-56(94-45-91-12)36-51-14-18-60(75)57(64(51)58)23-35-96(47(3)4,48(5)6)49(7)8/h14-15,18-19,36-39,46-50,53-55H,16-17,20-22,24-34,40-45H2,1-13H3,(H,78,87,89)/t53-,54?,55?/m1/s1. The number of methoxy groups -OCH3 is 2. The van der Waals surface area contributed by atoms with Gasteiger partial charge in [-0.25, -0.2) is 18.4 Å². The van der Waals surface area contributed by atoms with Gasteiger partial charge in [-0.3, -0.25) is 29.7 Å². The lowest BCUT2D eigenvalue weighted by Crippen LogP contribution is -2.57. The number of ether oxygens (including phenoxy) is 5. The number of hydrogen-bond donors (Lipinski definition) is 1. The predicted octanol–water partition coefficient (Wildman–Crippen LogP) is 13.1. The van der Waals surface area contributed by atoms with Gasteiger partial charge in [-0.05, 0) is 148 Å². The normalized spacial score (nSPS) is 20.2. The van der Waals surface area contributed by atoms with E-state index in [0.29, 0.717) is 89.0 Å². The molecule has 6 fully saturated rings. The van der Waals surface area contributed by atoms with Gasteiger partial charge < -0.3 is 43.3 Å². The Labute approximate surface area is 566 Å². The van der Waals surface area contributed by atoms with Crippen LogP contribution in [0.15, 0.2) is 48.7 Å². The highest BCUT2D eigenvalue weighted by atomic mass is 28.3. The van der Waals surface area contributed by atoms with Gasteiger partial charge in [0.2, 0.25) is 5.91 Å². The largest absolute Gasteiger partial charge is 0.495 e. The van der Waals surface area contributed by atoms with Crippen molar-refractivity contribution < 1.29 is 51.6 Å². The highest BCUT2D eigenvalue weighted by molar-refractivity contribution is 6.90. The molecule has 5 aromatic rings. The maximum atomic E-state index is 18.4. The molecule has 6 aliphatic rings. The quantitative estimate of drug-likeness (QED) is 0.0467. The van der Waals surface area contributed by atoms with Crippen LogP contribution in [0.5, 0.6) is 17.5 Å². The van der Waals surface area contributed by atoms with E-state index in [0.717, 1.165) is 77.8 Å². The molecule has 3 aromatic carbocycles. The zero-order valence-corrected chi connectivity index (χ0v) is 59.7. The number of carbonyl (C=O) groups is 4. The Bertz CT molecular complexity index is 3720. The second-order valence-electron chi connectivity index (χ2n) is 30.2. The molecule has 11 rings (SSSR count). The average molecular weight is 1340 g/mol. The SMILES string of the molecule is COCOc1cc(-c2ncc3c(N4CC5CCC(C4)N5C(=O)OC(C)(C)C)nc(OC[C@@H](CN4CCN(CC5CCC6(CC5)CCN(C(=O)c5ccc(OC)c(N7CCC(=O)NC7=O)c5)CC6)CC4)C(C)C)nc3c2F)c2c(C#C[Si](C(C)C)(C(C)C)C(C)C)c(F)ccc2c1. The van der Waals surface area contributed by atoms with E-state index < -0.39 is 31.3 Å². The van der Waals surface area contributed by atoms with Gasteiger partial charge in [0.1, 0.15) is 48.0 Å². The minimum Gasteiger partial charge on any atom is -0.495 e. The fraction of sp³-hybridized carbons (Fsp3) is 0.608. The molecule has 22 heteroatoms. The van der Waals surface area contributed by atoms with E-state index in [9.17, 15) is 19.2 Å². The Morgan fingerprint density at radius 2 is 1.48 bits per heavy atom. The minimum atomic E-state index is -2.37. The maximum absolute atomic E-state index is 18.4. The van der Waals surface area contributed by atoms with Crippen molar-refractivity contribution >= 4 is 65.2 Å². The third-order valence-electron chi connectivity index (χ3n) is 21.8. The van der Waals surface area contributed by atoms with Crippen molar-refractivity contribution in [1.29, 1.82) is 0 Å². The number of hydrogen-bond acceptors (Lipinski definition) is 15. The molecule has 2 aromatic heterocycles. The number of likely N-dealkylation sites (tertiary alicyclic amines) is 1. The van der Waals surface area contributed by atoms with Gasteiger partial charge in [-0.1, -0.05) is 67.4 Å². The lowest BCUT2D eigenvalue weighted by atomic mass is 9.65. The number of fused-ring (bicyclic) bond motifs is 4. The van der Waals surface area contributed by atoms with E-state index in [4.69, 9.17) is 38.6 Å². The Balaban J connectivity index is 0.787. The molecule has 1 saturated carbocycles. The maximum Gasteiger partial charge on any atom is 0.410 e. The smallest absolute Gasteiger partial charge is 0.410 e. The number of benzene rings is 3. The number of pyridine rings is 1. The van der Waals surface area contributed by atoms with Crippen molar-refractivity contribution in [3.63, 3.8) is 0 Å². The minimum absolute atomic E-state index is 0.00423. The van der Waals surface area contributed by atoms with Crippen LogP contribution in [0, 0.1) is 46.3 Å². The van der Waals surface area contributed by atoms with E-state index in [1.165, 1.54) is 38.0 Å². The van der Waals surface area contributed by atoms with E-state index in [1.807, 2.05) is 30.6 Å². The van der Waals surface area contributed by atoms with Crippen LogP contribution in [0.2, 0.25) is 16.6 Å². The van der Waals surface area contributed by atoms with Gasteiger partial charge in [0.25, 0.3) is 5.91 Å². The molecule has 96 heavy (non-hydrogen) atoms. The number of rotatable bonds is 19. The summed E-state index contributed by atoms with van der Waals surface area (Å²) in [5, 5.41) is 3.77. The van der Waals surface area contributed by atoms with E-state index >= 15 is 8.78 Å². The molecule has 1 spiro atoms. The van der Waals surface area contributed by atoms with Gasteiger partial charge in [-0.2, -0.15) is 9.97 Å². The first-order chi connectivity index (χ1) is 45.8. The molecule has 5 aliphatic heterocycles. The van der Waals surface area contributed by atoms with Crippen molar-refractivity contribution in [2.75, 3.05) is 109 Å². The molecular weight excluding hydrogens is 1240 g/mol. The number of piperazine rings is 2. The fourth-order valence-corrected chi connectivity index (χ4v) is 21.6. The number of aromatic nitrogens is 3. The Hall–Kier alpha value is -7.19. The first-order valence-electron chi connectivity index (χ1n) is 35.0. The highest BCUT2D eigenvalue weighted by Gasteiger charge is 2.47. The summed E-state index contributed by atoms with van der Waals surface area (Å²) in [5.41, 5.74) is 5.56. The van der Waals surface area contributed by atoms with Crippen LogP contribution in [0.1, 0.15) is 150 Å². The summed E-state index contributed by atoms with van der Waals surface area (Å²) in [7, 11) is 0.686. The van der Waals surface area contributed by atoms with Crippen LogP contribution in [0.4, 0.5) is 29.9 Å². The lowest BCUT2D eigenvalue weighted by molar-refractivity contribution is -0.120. The van der Waals surface area contributed by atoms with E-state index in [2.05, 4.69) is 86.9 Å². The summed E-state index contributed by atoms with van der Waals surface area (Å²) in [6, 6.07) is 10.9. The van der Waals surface area contributed by atoms with Gasteiger partial charge in [0, 0.05) is 114 Å². The van der Waals surface area contributed by atoms with Crippen LogP contribution >= 0.6 is 0 Å². The summed E-state index contributed by atoms with van der Waals surface area (Å²) in [6.45, 7) is 31.7. The zero-order chi connectivity index (χ0) is 68.5. The van der Waals surface area contributed by atoms with Crippen molar-refractivity contribution in [1.82, 2.24) is 39.9 Å². The van der Waals surface area contributed by atoms with Gasteiger partial charge >= 0.3 is 18.1 Å². The number of anilines is 2. The molecule has 1 N–H and O–H groups in total. The van der Waals surface area contributed by atoms with Gasteiger partial charge in [0.05, 0.1) is 42.4 Å². The number of urea groups is 1. The summed E-state index contributed by atoms with van der Waals surface area (Å²) >= 11 is 0. The molecule has 3 atom stereocenters. The molecule has 0 radical (unpaired) electrons. The lowest BCUT2D eigenvalue weighted by Gasteiger charge is -2.47. The molecular formula is C74H100F2N10O9Si. The average Bonchev–Trinajstić information content (AvgIpc) is 0.917. The number of nitrogens with one attached hydrogen (secondary N) is 1. The Morgan fingerprint density at radius 1 is 0.802 bits per heavy atom. The van der Waals surface area contributed by atoms with Gasteiger partial charge in [-0.15, -0.1) is 5.54 Å². The van der Waals surface area contributed by atoms with E-state index in [-0.39, 0.29) is 106 Å². The summed E-state index contributed by atoms with van der Waals surface area (Å²) < 4.78 is 64.6. The second-order valence-corrected chi connectivity index (χ2v) is 35.8. The fourth-order valence-electron chi connectivity index (χ4n) is 16.4. The number of amides is 5.